The van der Waals surface area contributed by atoms with Crippen LogP contribution in [0.3, 0.4) is 0 Å². The maximum absolute atomic E-state index is 11.9. The minimum absolute atomic E-state index is 0.261. The molecular formula is C14H13NO. The van der Waals surface area contributed by atoms with Gasteiger partial charge in [-0.1, -0.05) is 30.3 Å². The lowest BCUT2D eigenvalue weighted by Gasteiger charge is -2.21. The van der Waals surface area contributed by atoms with Crippen molar-refractivity contribution in [2.45, 2.75) is 18.8 Å². The minimum atomic E-state index is 0.261. The van der Waals surface area contributed by atoms with E-state index in [-0.39, 0.29) is 5.78 Å². The minimum Gasteiger partial charge on any atom is -0.364 e. The molecule has 0 saturated carbocycles. The predicted octanol–water partition coefficient (Wildman–Crippen LogP) is 2.93. The molecule has 1 heterocycles. The number of fused-ring (bicyclic) bond motifs is 1. The van der Waals surface area contributed by atoms with E-state index in [2.05, 4.69) is 17.1 Å². The summed E-state index contributed by atoms with van der Waals surface area (Å²) in [4.78, 5) is 15.1. The van der Waals surface area contributed by atoms with Crippen LogP contribution in [0.25, 0.3) is 0 Å². The van der Waals surface area contributed by atoms with Crippen molar-refractivity contribution in [3.05, 3.63) is 59.4 Å². The topological polar surface area (TPSA) is 32.9 Å². The molecule has 16 heavy (non-hydrogen) atoms. The molecule has 3 rings (SSSR count). The molecule has 0 radical (unpaired) electrons. The molecule has 0 bridgehead atoms. The van der Waals surface area contributed by atoms with E-state index in [4.69, 9.17) is 0 Å². The summed E-state index contributed by atoms with van der Waals surface area (Å²) in [6, 6.07) is 12.2. The Kier molecular flexibility index (Phi) is 2.13. The predicted molar refractivity (Wildman–Crippen MR) is 62.6 cm³/mol. The lowest BCUT2D eigenvalue weighted by atomic mass is 9.82. The Labute approximate surface area is 94.3 Å². The van der Waals surface area contributed by atoms with Gasteiger partial charge in [-0.25, -0.2) is 0 Å². The number of aromatic nitrogens is 1. The van der Waals surface area contributed by atoms with Gasteiger partial charge in [-0.15, -0.1) is 0 Å². The van der Waals surface area contributed by atoms with Gasteiger partial charge in [0.15, 0.2) is 5.78 Å². The number of Topliss-reactive ketones (excluding diaryl/α,β-unsaturated/α-hetero) is 1. The van der Waals surface area contributed by atoms with Crippen LogP contribution in [0.4, 0.5) is 0 Å². The number of aromatic amines is 1. The van der Waals surface area contributed by atoms with Crippen LogP contribution < -0.4 is 0 Å². The maximum Gasteiger partial charge on any atom is 0.165 e. The van der Waals surface area contributed by atoms with Crippen molar-refractivity contribution in [2.75, 3.05) is 0 Å². The summed E-state index contributed by atoms with van der Waals surface area (Å²) in [6.07, 6.45) is 3.43. The summed E-state index contributed by atoms with van der Waals surface area (Å²) in [5.41, 5.74) is 3.23. The van der Waals surface area contributed by atoms with Gasteiger partial charge in [0.2, 0.25) is 0 Å². The molecule has 1 aromatic carbocycles. The fourth-order valence-corrected chi connectivity index (χ4v) is 2.45. The van der Waals surface area contributed by atoms with E-state index in [0.717, 1.165) is 17.7 Å². The average Bonchev–Trinajstić information content (AvgIpc) is 2.79. The quantitative estimate of drug-likeness (QED) is 0.773. The third-order valence-electron chi connectivity index (χ3n) is 3.29. The maximum atomic E-state index is 11.9. The number of nitrogens with one attached hydrogen (secondary N) is 1. The van der Waals surface area contributed by atoms with Gasteiger partial charge in [-0.3, -0.25) is 4.79 Å². The second-order valence-electron chi connectivity index (χ2n) is 4.31. The van der Waals surface area contributed by atoms with E-state index in [9.17, 15) is 4.79 Å². The van der Waals surface area contributed by atoms with E-state index in [1.54, 1.807) is 0 Å². The zero-order chi connectivity index (χ0) is 11.0. The van der Waals surface area contributed by atoms with Crippen molar-refractivity contribution in [3.63, 3.8) is 0 Å². The zero-order valence-electron chi connectivity index (χ0n) is 8.94. The molecule has 2 nitrogen and oxygen atoms in total. The van der Waals surface area contributed by atoms with Gasteiger partial charge in [0.1, 0.15) is 0 Å². The number of hydrogen-bond acceptors (Lipinski definition) is 1. The molecule has 1 aliphatic rings. The van der Waals surface area contributed by atoms with Crippen molar-refractivity contribution in [3.8, 4) is 0 Å². The Bertz CT molecular complexity index is 513. The van der Waals surface area contributed by atoms with Crippen molar-refractivity contribution in [1.29, 1.82) is 0 Å². The molecule has 1 N–H and O–H groups in total. The first-order chi connectivity index (χ1) is 7.84. The van der Waals surface area contributed by atoms with Gasteiger partial charge in [0.25, 0.3) is 0 Å². The summed E-state index contributed by atoms with van der Waals surface area (Å²) in [5, 5.41) is 0. The van der Waals surface area contributed by atoms with Crippen molar-refractivity contribution in [1.82, 2.24) is 4.98 Å². The molecule has 0 aliphatic heterocycles. The van der Waals surface area contributed by atoms with Gasteiger partial charge in [-0.2, -0.15) is 0 Å². The normalized spacial score (nSPS) is 19.5. The molecule has 2 aromatic rings. The fourth-order valence-electron chi connectivity index (χ4n) is 2.45. The molecule has 0 spiro atoms. The summed E-state index contributed by atoms with van der Waals surface area (Å²) < 4.78 is 0. The van der Waals surface area contributed by atoms with Gasteiger partial charge in [-0.05, 0) is 24.0 Å². The Morgan fingerprint density at radius 1 is 1.06 bits per heavy atom. The number of carbonyl (C=O) groups is 1. The Balaban J connectivity index is 1.95. The van der Waals surface area contributed by atoms with Crippen LogP contribution in [0.5, 0.6) is 0 Å². The van der Waals surface area contributed by atoms with E-state index in [1.807, 2.05) is 30.5 Å². The van der Waals surface area contributed by atoms with Crippen molar-refractivity contribution in [2.24, 2.45) is 0 Å². The molecule has 80 valence electrons. The molecule has 0 unspecified atom stereocenters. The molecular weight excluding hydrogens is 198 g/mol. The molecule has 1 atom stereocenters. The second-order valence-corrected chi connectivity index (χ2v) is 4.31. The number of hydrogen-bond donors (Lipinski definition) is 1. The standard InChI is InChI=1S/C14H13NO/c16-14-9-11(10-4-2-1-3-5-10)8-13-12(14)6-7-15-13/h1-7,11,15H,8-9H2/t11-/m0/s1. The molecule has 1 aliphatic carbocycles. The van der Waals surface area contributed by atoms with Gasteiger partial charge in [0.05, 0.1) is 0 Å². The van der Waals surface area contributed by atoms with E-state index in [0.29, 0.717) is 12.3 Å². The number of H-pyrrole nitrogens is 1. The number of ketones is 1. The third-order valence-corrected chi connectivity index (χ3v) is 3.29. The van der Waals surface area contributed by atoms with Crippen LogP contribution in [0.15, 0.2) is 42.6 Å². The molecule has 0 saturated heterocycles. The highest BCUT2D eigenvalue weighted by Gasteiger charge is 2.26. The molecule has 0 fully saturated rings. The van der Waals surface area contributed by atoms with E-state index in [1.165, 1.54) is 5.56 Å². The first-order valence-corrected chi connectivity index (χ1v) is 5.59. The van der Waals surface area contributed by atoms with Crippen molar-refractivity contribution < 1.29 is 4.79 Å². The van der Waals surface area contributed by atoms with Gasteiger partial charge in [0, 0.05) is 23.9 Å². The number of benzene rings is 1. The SMILES string of the molecule is O=C1C[C@@H](c2ccccc2)Cc2[nH]ccc21. The summed E-state index contributed by atoms with van der Waals surface area (Å²) in [6.45, 7) is 0. The highest BCUT2D eigenvalue weighted by molar-refractivity contribution is 5.98. The highest BCUT2D eigenvalue weighted by atomic mass is 16.1. The number of rotatable bonds is 1. The Morgan fingerprint density at radius 3 is 2.69 bits per heavy atom. The van der Waals surface area contributed by atoms with Crippen LogP contribution in [0.2, 0.25) is 0 Å². The lowest BCUT2D eigenvalue weighted by molar-refractivity contribution is 0.0964. The highest BCUT2D eigenvalue weighted by Crippen LogP contribution is 2.31. The van der Waals surface area contributed by atoms with Crippen LogP contribution >= 0.6 is 0 Å². The summed E-state index contributed by atoms with van der Waals surface area (Å²) >= 11 is 0. The zero-order valence-corrected chi connectivity index (χ0v) is 8.94. The second kappa shape index (κ2) is 3.63. The van der Waals surface area contributed by atoms with Gasteiger partial charge < -0.3 is 4.98 Å². The van der Waals surface area contributed by atoms with Gasteiger partial charge >= 0.3 is 0 Å². The van der Waals surface area contributed by atoms with E-state index < -0.39 is 0 Å². The molecule has 1 aromatic heterocycles. The monoisotopic (exact) mass is 211 g/mol. The first-order valence-electron chi connectivity index (χ1n) is 5.59. The largest absolute Gasteiger partial charge is 0.364 e. The Hall–Kier alpha value is -1.83. The molecule has 0 amide bonds. The smallest absolute Gasteiger partial charge is 0.165 e. The average molecular weight is 211 g/mol. The van der Waals surface area contributed by atoms with Crippen LogP contribution in [-0.2, 0) is 6.42 Å². The van der Waals surface area contributed by atoms with E-state index >= 15 is 0 Å². The Morgan fingerprint density at radius 2 is 1.88 bits per heavy atom. The lowest BCUT2D eigenvalue weighted by Crippen LogP contribution is -2.17. The fraction of sp³-hybridized carbons (Fsp3) is 0.214. The summed E-state index contributed by atoms with van der Waals surface area (Å²) in [5.74, 6) is 0.594. The third kappa shape index (κ3) is 1.47. The van der Waals surface area contributed by atoms with Crippen LogP contribution in [0.1, 0.15) is 34.0 Å². The number of carbonyl (C=O) groups excluding carboxylic acids is 1. The molecule has 2 heteroatoms. The summed E-state index contributed by atoms with van der Waals surface area (Å²) in [7, 11) is 0. The first kappa shape index (κ1) is 9.40. The van der Waals surface area contributed by atoms with Crippen LogP contribution in [-0.4, -0.2) is 10.8 Å². The van der Waals surface area contributed by atoms with Crippen molar-refractivity contribution >= 4 is 5.78 Å². The van der Waals surface area contributed by atoms with Crippen LogP contribution in [0, 0.1) is 0 Å².